The van der Waals surface area contributed by atoms with Crippen molar-refractivity contribution >= 4 is 21.9 Å². The summed E-state index contributed by atoms with van der Waals surface area (Å²) in [6.45, 7) is 12.5. The zero-order valence-electron chi connectivity index (χ0n) is 26.0. The molecule has 1 aliphatic heterocycles. The van der Waals surface area contributed by atoms with Crippen LogP contribution in [-0.4, -0.2) is 51.8 Å². The molecule has 5 rings (SSSR count). The Labute approximate surface area is 259 Å². The van der Waals surface area contributed by atoms with Crippen LogP contribution in [0.3, 0.4) is 0 Å². The molecule has 1 amide bonds. The molecule has 0 radical (unpaired) electrons. The van der Waals surface area contributed by atoms with Gasteiger partial charge in [0, 0.05) is 29.1 Å². The Morgan fingerprint density at radius 2 is 1.73 bits per heavy atom. The lowest BCUT2D eigenvalue weighted by Gasteiger charge is -2.35. The third-order valence-electron chi connectivity index (χ3n) is 7.47. The summed E-state index contributed by atoms with van der Waals surface area (Å²) in [5.41, 5.74) is 4.25. The van der Waals surface area contributed by atoms with E-state index >= 15 is 0 Å². The Bertz CT molecular complexity index is 1780. The average Bonchev–Trinajstić information content (AvgIpc) is 2.97. The van der Waals surface area contributed by atoms with E-state index < -0.39 is 16.1 Å². The zero-order chi connectivity index (χ0) is 31.6. The van der Waals surface area contributed by atoms with Crippen molar-refractivity contribution < 1.29 is 17.9 Å². The topological polar surface area (TPSA) is 127 Å². The first-order valence-electron chi connectivity index (χ1n) is 14.7. The van der Waals surface area contributed by atoms with Crippen LogP contribution in [0, 0.1) is 19.3 Å². The Hall–Kier alpha value is -4.38. The highest BCUT2D eigenvalue weighted by Gasteiger charge is 2.32. The van der Waals surface area contributed by atoms with E-state index in [0.29, 0.717) is 17.9 Å². The highest BCUT2D eigenvalue weighted by Crippen LogP contribution is 2.31. The first-order valence-corrected chi connectivity index (χ1v) is 16.1. The molecule has 1 atom stereocenters. The fourth-order valence-electron chi connectivity index (χ4n) is 5.41. The number of ether oxygens (including phenoxy) is 1. The number of carbonyl (C=O) groups is 1. The van der Waals surface area contributed by atoms with E-state index in [-0.39, 0.29) is 46.8 Å². The number of aryl methyl sites for hydroxylation is 3. The molecule has 230 valence electrons. The highest BCUT2D eigenvalue weighted by atomic mass is 32.2. The fourth-order valence-corrected chi connectivity index (χ4v) is 6.40. The summed E-state index contributed by atoms with van der Waals surface area (Å²) < 4.78 is 36.0. The summed E-state index contributed by atoms with van der Waals surface area (Å²) in [5.74, 6) is 0.216. The number of hydrogen-bond donors (Lipinski definition) is 1. The van der Waals surface area contributed by atoms with Crippen LogP contribution in [0.2, 0.25) is 0 Å². The number of fused-ring (bicyclic) bond motifs is 4. The van der Waals surface area contributed by atoms with Gasteiger partial charge in [-0.1, -0.05) is 52.0 Å². The van der Waals surface area contributed by atoms with Crippen LogP contribution in [0.15, 0.2) is 65.7 Å². The van der Waals surface area contributed by atoms with Gasteiger partial charge in [-0.25, -0.2) is 28.1 Å². The third kappa shape index (κ3) is 7.05. The summed E-state index contributed by atoms with van der Waals surface area (Å²) in [6.07, 6.45) is 3.01. The maximum Gasteiger partial charge on any atom is 0.264 e. The molecular weight excluding hydrogens is 576 g/mol. The van der Waals surface area contributed by atoms with Crippen molar-refractivity contribution in [3.05, 3.63) is 89.0 Å². The predicted molar refractivity (Wildman–Crippen MR) is 169 cm³/mol. The number of anilines is 1. The van der Waals surface area contributed by atoms with Crippen molar-refractivity contribution in [2.24, 2.45) is 5.41 Å². The zero-order valence-corrected chi connectivity index (χ0v) is 26.8. The van der Waals surface area contributed by atoms with Gasteiger partial charge in [-0.2, -0.15) is 4.98 Å². The minimum absolute atomic E-state index is 0.0808. The van der Waals surface area contributed by atoms with Crippen molar-refractivity contribution in [1.82, 2.24) is 24.8 Å². The number of carbonyl (C=O) groups excluding carboxylic acids is 1. The molecule has 0 saturated heterocycles. The fraction of sp³-hybridized carbons (Fsp3) is 0.364. The van der Waals surface area contributed by atoms with Gasteiger partial charge in [0.2, 0.25) is 11.8 Å². The number of rotatable bonds is 5. The van der Waals surface area contributed by atoms with E-state index in [2.05, 4.69) is 45.4 Å². The molecule has 11 heteroatoms. The molecule has 1 aliphatic rings. The van der Waals surface area contributed by atoms with E-state index in [1.807, 2.05) is 45.0 Å². The molecule has 2 aromatic carbocycles. The van der Waals surface area contributed by atoms with E-state index in [4.69, 9.17) is 4.74 Å². The van der Waals surface area contributed by atoms with Gasteiger partial charge in [-0.05, 0) is 67.5 Å². The Kier molecular flexibility index (Phi) is 8.69. The first-order chi connectivity index (χ1) is 20.8. The van der Waals surface area contributed by atoms with E-state index in [1.165, 1.54) is 12.1 Å². The molecular formula is C33H38N6O4S. The summed E-state index contributed by atoms with van der Waals surface area (Å²) >= 11 is 0. The number of amides is 1. The minimum atomic E-state index is -4.16. The van der Waals surface area contributed by atoms with Crippen LogP contribution >= 0.6 is 0 Å². The van der Waals surface area contributed by atoms with Crippen molar-refractivity contribution in [3.63, 3.8) is 0 Å². The molecule has 10 nitrogen and oxygen atoms in total. The molecule has 3 heterocycles. The van der Waals surface area contributed by atoms with Gasteiger partial charge < -0.3 is 9.64 Å². The summed E-state index contributed by atoms with van der Waals surface area (Å²) in [5, 5.41) is 0. The maximum absolute atomic E-state index is 14.3. The van der Waals surface area contributed by atoms with Gasteiger partial charge >= 0.3 is 0 Å². The Morgan fingerprint density at radius 3 is 2.43 bits per heavy atom. The van der Waals surface area contributed by atoms with Crippen LogP contribution in [0.1, 0.15) is 67.1 Å². The van der Waals surface area contributed by atoms with Gasteiger partial charge in [0.1, 0.15) is 12.4 Å². The number of hydrogen-bond acceptors (Lipinski definition) is 8. The Morgan fingerprint density at radius 1 is 1.00 bits per heavy atom. The van der Waals surface area contributed by atoms with Gasteiger partial charge in [-0.3, -0.25) is 4.79 Å². The van der Waals surface area contributed by atoms with Crippen LogP contribution in [0.5, 0.6) is 5.88 Å². The molecule has 1 N–H and O–H groups in total. The summed E-state index contributed by atoms with van der Waals surface area (Å²) in [6, 6.07) is 15.0. The van der Waals surface area contributed by atoms with Crippen LogP contribution < -0.4 is 9.46 Å². The number of benzene rings is 2. The molecule has 0 unspecified atom stereocenters. The quantitative estimate of drug-likeness (QED) is 0.301. The SMILES string of the molecule is CCc1ccnc(CN2C(=O)c3cccc(c3)S(=O)(=O)Nc3nc(cc(-c4c(C)cccc4C)n3)OC[C@H]2CC(C)(C)C)n1. The third-order valence-corrected chi connectivity index (χ3v) is 8.79. The van der Waals surface area contributed by atoms with Crippen molar-refractivity contribution in [2.45, 2.75) is 71.9 Å². The minimum Gasteiger partial charge on any atom is -0.475 e. The molecule has 4 aromatic rings. The van der Waals surface area contributed by atoms with Gasteiger partial charge in [0.25, 0.3) is 15.9 Å². The molecule has 2 aromatic heterocycles. The lowest BCUT2D eigenvalue weighted by Crippen LogP contribution is -2.45. The number of nitrogens with one attached hydrogen (secondary N) is 1. The molecule has 0 aliphatic carbocycles. The number of sulfonamides is 1. The largest absolute Gasteiger partial charge is 0.475 e. The first kappa shape index (κ1) is 31.1. The van der Waals surface area contributed by atoms with E-state index in [9.17, 15) is 13.2 Å². The van der Waals surface area contributed by atoms with Crippen molar-refractivity contribution in [1.29, 1.82) is 0 Å². The average molecular weight is 615 g/mol. The number of nitrogens with zero attached hydrogens (tertiary/aromatic N) is 5. The van der Waals surface area contributed by atoms with Gasteiger partial charge in [-0.15, -0.1) is 0 Å². The monoisotopic (exact) mass is 614 g/mol. The summed E-state index contributed by atoms with van der Waals surface area (Å²) in [7, 11) is -4.16. The van der Waals surface area contributed by atoms with Crippen molar-refractivity contribution in [2.75, 3.05) is 11.3 Å². The van der Waals surface area contributed by atoms with E-state index in [0.717, 1.165) is 28.8 Å². The van der Waals surface area contributed by atoms with Crippen LogP contribution in [0.4, 0.5) is 5.95 Å². The smallest absolute Gasteiger partial charge is 0.264 e. The molecule has 0 fully saturated rings. The lowest BCUT2D eigenvalue weighted by molar-refractivity contribution is 0.0505. The second kappa shape index (κ2) is 12.3. The second-order valence-electron chi connectivity index (χ2n) is 12.3. The van der Waals surface area contributed by atoms with Crippen LogP contribution in [-0.2, 0) is 23.0 Å². The van der Waals surface area contributed by atoms with Crippen molar-refractivity contribution in [3.8, 4) is 17.1 Å². The summed E-state index contributed by atoms with van der Waals surface area (Å²) in [4.78, 5) is 34.0. The predicted octanol–water partition coefficient (Wildman–Crippen LogP) is 5.75. The second-order valence-corrected chi connectivity index (χ2v) is 14.0. The standard InChI is InChI=1S/C33H38N6O4S/c1-7-24-14-15-34-28(35-24)19-39-25(18-33(4,5)6)20-43-29-17-27(30-21(2)10-8-11-22(30)3)36-32(37-29)38-44(41,42)26-13-9-12-23(16-26)31(39)40/h8-17,25H,7,18-20H2,1-6H3,(H,36,37,38)/t25-/m1/s1. The number of aromatic nitrogens is 4. The van der Waals surface area contributed by atoms with E-state index in [1.54, 1.807) is 29.3 Å². The Balaban J connectivity index is 1.68. The normalized spacial score (nSPS) is 16.6. The molecule has 0 spiro atoms. The van der Waals surface area contributed by atoms with Gasteiger partial charge in [0.15, 0.2) is 0 Å². The lowest BCUT2D eigenvalue weighted by atomic mass is 9.87. The molecule has 44 heavy (non-hydrogen) atoms. The molecule has 4 bridgehead atoms. The van der Waals surface area contributed by atoms with Gasteiger partial charge in [0.05, 0.1) is 23.2 Å². The highest BCUT2D eigenvalue weighted by molar-refractivity contribution is 7.92. The molecule has 0 saturated carbocycles. The maximum atomic E-state index is 14.3. The van der Waals surface area contributed by atoms with Crippen LogP contribution in [0.25, 0.3) is 11.3 Å².